The highest BCUT2D eigenvalue weighted by Gasteiger charge is 2.23. The molecular weight excluding hydrogens is 691 g/mol. The van der Waals surface area contributed by atoms with E-state index in [1.807, 2.05) is 0 Å². The summed E-state index contributed by atoms with van der Waals surface area (Å²) in [5.74, 6) is 0. The minimum Gasteiger partial charge on any atom is -0.309 e. The van der Waals surface area contributed by atoms with Crippen molar-refractivity contribution in [3.05, 3.63) is 212 Å². The number of fused-ring (bicyclic) bond motifs is 10. The van der Waals surface area contributed by atoms with Gasteiger partial charge in [0.05, 0.1) is 38.8 Å². The highest BCUT2D eigenvalue weighted by molar-refractivity contribution is 6.29. The Kier molecular flexibility index (Phi) is 6.93. The third-order valence-electron chi connectivity index (χ3n) is 11.8. The molecule has 266 valence electrons. The zero-order chi connectivity index (χ0) is 37.5. The summed E-state index contributed by atoms with van der Waals surface area (Å²) >= 11 is 0. The van der Waals surface area contributed by atoms with E-state index in [2.05, 4.69) is 226 Å². The summed E-state index contributed by atoms with van der Waals surface area (Å²) in [5.41, 5.74) is 15.5. The van der Waals surface area contributed by atoms with Crippen LogP contribution in [0.4, 0.5) is 0 Å². The molecule has 0 saturated heterocycles. The van der Waals surface area contributed by atoms with E-state index in [-0.39, 0.29) is 0 Å². The van der Waals surface area contributed by atoms with Gasteiger partial charge < -0.3 is 13.7 Å². The van der Waals surface area contributed by atoms with Crippen LogP contribution >= 0.6 is 0 Å². The number of hydrogen-bond donors (Lipinski definition) is 0. The Balaban J connectivity index is 1.14. The lowest BCUT2D eigenvalue weighted by molar-refractivity contribution is 1.17. The van der Waals surface area contributed by atoms with E-state index >= 15 is 0 Å². The van der Waals surface area contributed by atoms with Crippen molar-refractivity contribution in [2.24, 2.45) is 0 Å². The van der Waals surface area contributed by atoms with Crippen molar-refractivity contribution in [3.63, 3.8) is 0 Å². The first-order valence-electron chi connectivity index (χ1n) is 19.6. The third-order valence-corrected chi connectivity index (χ3v) is 11.8. The largest absolute Gasteiger partial charge is 0.309 e. The van der Waals surface area contributed by atoms with Crippen molar-refractivity contribution in [2.45, 2.75) is 0 Å². The first kappa shape index (κ1) is 31.7. The lowest BCUT2D eigenvalue weighted by Gasteiger charge is -2.17. The van der Waals surface area contributed by atoms with Crippen molar-refractivity contribution in [1.29, 1.82) is 0 Å². The van der Waals surface area contributed by atoms with E-state index in [9.17, 15) is 0 Å². The monoisotopic (exact) mass is 725 g/mol. The molecule has 0 atom stereocenters. The van der Waals surface area contributed by atoms with Gasteiger partial charge in [-0.25, -0.2) is 0 Å². The zero-order valence-electron chi connectivity index (χ0n) is 31.0. The molecule has 3 heteroatoms. The van der Waals surface area contributed by atoms with Crippen LogP contribution in [0.15, 0.2) is 212 Å². The summed E-state index contributed by atoms with van der Waals surface area (Å²) in [6, 6.07) is 77.3. The van der Waals surface area contributed by atoms with E-state index in [0.717, 1.165) is 17.1 Å². The molecule has 0 saturated carbocycles. The zero-order valence-corrected chi connectivity index (χ0v) is 31.0. The highest BCUT2D eigenvalue weighted by atomic mass is 15.0. The predicted octanol–water partition coefficient (Wildman–Crippen LogP) is 14.3. The molecule has 0 unspecified atom stereocenters. The van der Waals surface area contributed by atoms with Crippen LogP contribution < -0.4 is 0 Å². The van der Waals surface area contributed by atoms with Crippen molar-refractivity contribution in [1.82, 2.24) is 13.7 Å². The quantitative estimate of drug-likeness (QED) is 0.168. The molecule has 57 heavy (non-hydrogen) atoms. The molecule has 0 radical (unpaired) electrons. The van der Waals surface area contributed by atoms with Crippen LogP contribution in [-0.2, 0) is 0 Å². The maximum Gasteiger partial charge on any atom is 0.0620 e. The Bertz CT molecular complexity index is 3490. The van der Waals surface area contributed by atoms with Crippen molar-refractivity contribution < 1.29 is 0 Å². The summed E-state index contributed by atoms with van der Waals surface area (Å²) in [6.45, 7) is 0. The Morgan fingerprint density at radius 3 is 1.42 bits per heavy atom. The van der Waals surface area contributed by atoms with Crippen LogP contribution in [0.2, 0.25) is 0 Å². The molecule has 3 nitrogen and oxygen atoms in total. The second kappa shape index (κ2) is 12.5. The number of nitrogens with zero attached hydrogens (tertiary/aromatic N) is 3. The second-order valence-corrected chi connectivity index (χ2v) is 14.9. The molecule has 0 N–H and O–H groups in total. The molecule has 0 fully saturated rings. The molecule has 0 aliphatic heterocycles. The van der Waals surface area contributed by atoms with Crippen LogP contribution in [-0.4, -0.2) is 13.7 Å². The Hall–Kier alpha value is -7.62. The molecule has 0 bridgehead atoms. The maximum atomic E-state index is 2.49. The number of hydrogen-bond acceptors (Lipinski definition) is 0. The van der Waals surface area contributed by atoms with E-state index in [1.54, 1.807) is 0 Å². The first-order chi connectivity index (χ1) is 28.3. The summed E-state index contributed by atoms with van der Waals surface area (Å²) in [6.07, 6.45) is 0. The Morgan fingerprint density at radius 1 is 0.246 bits per heavy atom. The second-order valence-electron chi connectivity index (χ2n) is 14.9. The minimum atomic E-state index is 1.15. The normalized spacial score (nSPS) is 11.9. The molecule has 0 aliphatic carbocycles. The van der Waals surface area contributed by atoms with E-state index in [4.69, 9.17) is 0 Å². The Labute approximate surface area is 329 Å². The maximum absolute atomic E-state index is 2.49. The lowest BCUT2D eigenvalue weighted by Crippen LogP contribution is -1.99. The van der Waals surface area contributed by atoms with Gasteiger partial charge in [-0.15, -0.1) is 0 Å². The summed E-state index contributed by atoms with van der Waals surface area (Å²) in [4.78, 5) is 0. The average Bonchev–Trinajstić information content (AvgIpc) is 3.93. The van der Waals surface area contributed by atoms with Crippen LogP contribution in [0, 0.1) is 0 Å². The van der Waals surface area contributed by atoms with Crippen LogP contribution in [0.3, 0.4) is 0 Å². The molecule has 3 aromatic heterocycles. The first-order valence-corrected chi connectivity index (χ1v) is 19.6. The van der Waals surface area contributed by atoms with Gasteiger partial charge in [-0.1, -0.05) is 152 Å². The highest BCUT2D eigenvalue weighted by Crippen LogP contribution is 2.45. The molecule has 9 aromatic carbocycles. The molecule has 0 spiro atoms. The molecule has 0 aliphatic rings. The van der Waals surface area contributed by atoms with Gasteiger partial charge in [-0.3, -0.25) is 0 Å². The standard InChI is InChI=1S/C54H35N3/c1-3-16-36(17-4-1)37-30-32-39(33-31-37)55-48-28-13-9-22-44(48)52-50(55)34-35-51-53(52)45-23-10-14-29-49(45)57(51)47-27-12-8-21-41(47)43-25-15-24-42-40-20-7-11-26-46(40)56(54(42)43)38-18-5-2-6-19-38/h1-35H. The lowest BCUT2D eigenvalue weighted by atomic mass is 9.99. The third kappa shape index (κ3) is 4.66. The van der Waals surface area contributed by atoms with Gasteiger partial charge in [-0.2, -0.15) is 0 Å². The van der Waals surface area contributed by atoms with Crippen molar-refractivity contribution in [3.8, 4) is 39.3 Å². The van der Waals surface area contributed by atoms with Gasteiger partial charge in [0.2, 0.25) is 0 Å². The molecular formula is C54H35N3. The number of rotatable bonds is 5. The minimum absolute atomic E-state index is 1.15. The number of para-hydroxylation sites is 6. The van der Waals surface area contributed by atoms with Crippen LogP contribution in [0.5, 0.6) is 0 Å². The molecule has 12 aromatic rings. The smallest absolute Gasteiger partial charge is 0.0620 e. The Morgan fingerprint density at radius 2 is 0.719 bits per heavy atom. The van der Waals surface area contributed by atoms with Crippen molar-refractivity contribution >= 4 is 65.4 Å². The number of aromatic nitrogens is 3. The average molecular weight is 726 g/mol. The van der Waals surface area contributed by atoms with Gasteiger partial charge in [-0.05, 0) is 71.8 Å². The summed E-state index contributed by atoms with van der Waals surface area (Å²) in [5, 5.41) is 7.53. The molecule has 0 amide bonds. The van der Waals surface area contributed by atoms with Gasteiger partial charge in [0.15, 0.2) is 0 Å². The summed E-state index contributed by atoms with van der Waals surface area (Å²) in [7, 11) is 0. The fourth-order valence-electron chi connectivity index (χ4n) is 9.47. The fourth-order valence-corrected chi connectivity index (χ4v) is 9.47. The van der Waals surface area contributed by atoms with E-state index < -0.39 is 0 Å². The topological polar surface area (TPSA) is 14.8 Å². The van der Waals surface area contributed by atoms with Gasteiger partial charge in [0, 0.05) is 54.8 Å². The van der Waals surface area contributed by atoms with Gasteiger partial charge >= 0.3 is 0 Å². The van der Waals surface area contributed by atoms with Crippen LogP contribution in [0.1, 0.15) is 0 Å². The molecule has 12 rings (SSSR count). The van der Waals surface area contributed by atoms with E-state index in [0.29, 0.717) is 0 Å². The number of benzene rings is 9. The molecule has 3 heterocycles. The van der Waals surface area contributed by atoms with Crippen molar-refractivity contribution in [2.75, 3.05) is 0 Å². The fraction of sp³-hybridized carbons (Fsp3) is 0. The van der Waals surface area contributed by atoms with Gasteiger partial charge in [0.1, 0.15) is 0 Å². The van der Waals surface area contributed by atoms with Crippen LogP contribution in [0.25, 0.3) is 105 Å². The van der Waals surface area contributed by atoms with Gasteiger partial charge in [0.25, 0.3) is 0 Å². The summed E-state index contributed by atoms with van der Waals surface area (Å²) < 4.78 is 7.37. The SMILES string of the molecule is c1ccc(-c2ccc(-n3c4ccccc4c4c5c6ccccc6n(-c6ccccc6-c6cccc7c8ccccc8n(-c8ccccc8)c67)c5ccc43)cc2)cc1. The van der Waals surface area contributed by atoms with E-state index in [1.165, 1.54) is 87.7 Å². The predicted molar refractivity (Wildman–Crippen MR) is 240 cm³/mol.